The normalized spacial score (nSPS) is 13.9. The topological polar surface area (TPSA) is 88.2 Å². The zero-order chi connectivity index (χ0) is 15.5. The molecule has 6 heteroatoms. The molecule has 112 valence electrons. The number of hydrogen-bond donors (Lipinski definition) is 2. The van der Waals surface area contributed by atoms with Crippen molar-refractivity contribution in [1.82, 2.24) is 15.0 Å². The minimum Gasteiger partial charge on any atom is -0.476 e. The molecule has 0 aliphatic rings. The number of nitrogens with zero attached hydrogens (tertiary/aromatic N) is 3. The lowest BCUT2D eigenvalue weighted by Gasteiger charge is -2.24. The van der Waals surface area contributed by atoms with Gasteiger partial charge in [-0.3, -0.25) is 0 Å². The molecule has 2 aromatic rings. The summed E-state index contributed by atoms with van der Waals surface area (Å²) in [6.07, 6.45) is 1.33. The molecule has 1 atom stereocenters. The molecular weight excluding hydrogens is 270 g/mol. The van der Waals surface area contributed by atoms with Crippen LogP contribution in [0.4, 0.5) is 0 Å². The summed E-state index contributed by atoms with van der Waals surface area (Å²) in [4.78, 5) is 11.2. The van der Waals surface area contributed by atoms with Gasteiger partial charge in [-0.2, -0.15) is 0 Å². The fourth-order valence-corrected chi connectivity index (χ4v) is 2.29. The number of rotatable bonds is 6. The van der Waals surface area contributed by atoms with Gasteiger partial charge in [-0.25, -0.2) is 9.48 Å². The van der Waals surface area contributed by atoms with Gasteiger partial charge in [0.25, 0.3) is 0 Å². The molecule has 0 spiro atoms. The molecule has 0 saturated carbocycles. The summed E-state index contributed by atoms with van der Waals surface area (Å²) in [5.41, 5.74) is 0.106. The molecule has 0 aliphatic carbocycles. The van der Waals surface area contributed by atoms with Gasteiger partial charge in [0.05, 0.1) is 12.2 Å². The summed E-state index contributed by atoms with van der Waals surface area (Å²) in [5.74, 6) is -1.09. The third-order valence-electron chi connectivity index (χ3n) is 3.38. The van der Waals surface area contributed by atoms with Crippen LogP contribution >= 0.6 is 0 Å². The van der Waals surface area contributed by atoms with Crippen LogP contribution in [0.3, 0.4) is 0 Å². The minimum atomic E-state index is -1.15. The van der Waals surface area contributed by atoms with Gasteiger partial charge >= 0.3 is 5.97 Å². The van der Waals surface area contributed by atoms with Crippen molar-refractivity contribution in [2.75, 3.05) is 0 Å². The van der Waals surface area contributed by atoms with Crippen LogP contribution in [0.5, 0.6) is 0 Å². The molecule has 0 fully saturated rings. The number of carbonyl (C=O) groups is 1. The molecule has 1 aromatic carbocycles. The molecule has 1 aromatic heterocycles. The first kappa shape index (κ1) is 15.2. The second-order valence-corrected chi connectivity index (χ2v) is 5.24. The van der Waals surface area contributed by atoms with Crippen LogP contribution in [0.25, 0.3) is 0 Å². The number of benzene rings is 1. The fourth-order valence-electron chi connectivity index (χ4n) is 2.29. The molecule has 0 aliphatic heterocycles. The van der Waals surface area contributed by atoms with E-state index in [0.717, 1.165) is 12.0 Å². The van der Waals surface area contributed by atoms with Gasteiger partial charge in [0.1, 0.15) is 5.60 Å². The Labute approximate surface area is 123 Å². The van der Waals surface area contributed by atoms with Crippen molar-refractivity contribution < 1.29 is 15.0 Å². The predicted molar refractivity (Wildman–Crippen MR) is 77.0 cm³/mol. The standard InChI is InChI=1S/C15H19N3O3/c1-3-7-12-13(14(19)20)16-17-18(12)10-15(2,21)11-8-5-4-6-9-11/h4-6,8-9,21H,3,7,10H2,1-2H3,(H,19,20). The molecule has 21 heavy (non-hydrogen) atoms. The van der Waals surface area contributed by atoms with E-state index in [1.54, 1.807) is 6.92 Å². The van der Waals surface area contributed by atoms with Crippen molar-refractivity contribution in [2.24, 2.45) is 0 Å². The molecule has 0 bridgehead atoms. The lowest BCUT2D eigenvalue weighted by molar-refractivity contribution is 0.0331. The van der Waals surface area contributed by atoms with Crippen LogP contribution < -0.4 is 0 Å². The van der Waals surface area contributed by atoms with E-state index in [9.17, 15) is 9.90 Å². The lowest BCUT2D eigenvalue weighted by Crippen LogP contribution is -2.29. The number of carboxylic acid groups (broad SMARTS) is 1. The Bertz CT molecular complexity index is 620. The lowest BCUT2D eigenvalue weighted by atomic mass is 9.96. The zero-order valence-electron chi connectivity index (χ0n) is 12.2. The first-order chi connectivity index (χ1) is 9.95. The van der Waals surface area contributed by atoms with Crippen LogP contribution in [-0.2, 0) is 18.6 Å². The van der Waals surface area contributed by atoms with Gasteiger partial charge < -0.3 is 10.2 Å². The summed E-state index contributed by atoms with van der Waals surface area (Å²) in [6.45, 7) is 3.80. The predicted octanol–water partition coefficient (Wildman–Crippen LogP) is 1.84. The minimum absolute atomic E-state index is 0.0410. The number of aromatic nitrogens is 3. The zero-order valence-corrected chi connectivity index (χ0v) is 12.2. The van der Waals surface area contributed by atoms with Crippen LogP contribution in [0.15, 0.2) is 30.3 Å². The van der Waals surface area contributed by atoms with Gasteiger partial charge in [0, 0.05) is 0 Å². The third-order valence-corrected chi connectivity index (χ3v) is 3.38. The van der Waals surface area contributed by atoms with Crippen LogP contribution in [0.2, 0.25) is 0 Å². The Balaban J connectivity index is 2.33. The summed E-state index contributed by atoms with van der Waals surface area (Å²) in [5, 5.41) is 27.4. The largest absolute Gasteiger partial charge is 0.476 e. The highest BCUT2D eigenvalue weighted by molar-refractivity contribution is 5.86. The molecule has 0 saturated heterocycles. The molecular formula is C15H19N3O3. The molecule has 6 nitrogen and oxygen atoms in total. The van der Waals surface area contributed by atoms with E-state index in [2.05, 4.69) is 10.3 Å². The Kier molecular flexibility index (Phi) is 4.37. The number of aliphatic hydroxyl groups is 1. The van der Waals surface area contributed by atoms with E-state index >= 15 is 0 Å². The third kappa shape index (κ3) is 3.28. The molecule has 1 unspecified atom stereocenters. The maximum Gasteiger partial charge on any atom is 0.358 e. The SMILES string of the molecule is CCCc1c(C(=O)O)nnn1CC(C)(O)c1ccccc1. The molecule has 2 rings (SSSR count). The van der Waals surface area contributed by atoms with E-state index in [4.69, 9.17) is 5.11 Å². The van der Waals surface area contributed by atoms with Crippen molar-refractivity contribution in [1.29, 1.82) is 0 Å². The summed E-state index contributed by atoms with van der Waals surface area (Å²) in [6, 6.07) is 9.23. The highest BCUT2D eigenvalue weighted by Gasteiger charge is 2.27. The van der Waals surface area contributed by atoms with E-state index in [-0.39, 0.29) is 12.2 Å². The van der Waals surface area contributed by atoms with E-state index in [1.165, 1.54) is 4.68 Å². The van der Waals surface area contributed by atoms with Crippen molar-refractivity contribution >= 4 is 5.97 Å². The molecule has 2 N–H and O–H groups in total. The Morgan fingerprint density at radius 3 is 2.57 bits per heavy atom. The second kappa shape index (κ2) is 6.05. The maximum atomic E-state index is 11.2. The first-order valence-corrected chi connectivity index (χ1v) is 6.89. The van der Waals surface area contributed by atoms with E-state index in [0.29, 0.717) is 12.1 Å². The number of hydrogen-bond acceptors (Lipinski definition) is 4. The van der Waals surface area contributed by atoms with Gasteiger partial charge in [-0.15, -0.1) is 5.10 Å². The Morgan fingerprint density at radius 2 is 2.00 bits per heavy atom. The maximum absolute atomic E-state index is 11.2. The van der Waals surface area contributed by atoms with E-state index < -0.39 is 11.6 Å². The summed E-state index contributed by atoms with van der Waals surface area (Å²) < 4.78 is 1.49. The molecule has 0 amide bonds. The monoisotopic (exact) mass is 289 g/mol. The summed E-state index contributed by atoms with van der Waals surface area (Å²) in [7, 11) is 0. The Morgan fingerprint density at radius 1 is 1.33 bits per heavy atom. The quantitative estimate of drug-likeness (QED) is 0.847. The first-order valence-electron chi connectivity index (χ1n) is 6.89. The number of carboxylic acids is 1. The smallest absolute Gasteiger partial charge is 0.358 e. The molecule has 1 heterocycles. The van der Waals surface area contributed by atoms with Crippen LogP contribution in [-0.4, -0.2) is 31.2 Å². The van der Waals surface area contributed by atoms with Gasteiger partial charge in [-0.05, 0) is 18.9 Å². The van der Waals surface area contributed by atoms with Gasteiger partial charge in [-0.1, -0.05) is 48.9 Å². The van der Waals surface area contributed by atoms with Crippen molar-refractivity contribution in [2.45, 2.75) is 38.8 Å². The van der Waals surface area contributed by atoms with Gasteiger partial charge in [0.15, 0.2) is 5.69 Å². The van der Waals surface area contributed by atoms with Crippen molar-refractivity contribution in [3.8, 4) is 0 Å². The van der Waals surface area contributed by atoms with Crippen LogP contribution in [0, 0.1) is 0 Å². The summed E-state index contributed by atoms with van der Waals surface area (Å²) >= 11 is 0. The number of aromatic carboxylic acids is 1. The Hall–Kier alpha value is -2.21. The molecule has 0 radical (unpaired) electrons. The fraction of sp³-hybridized carbons (Fsp3) is 0.400. The van der Waals surface area contributed by atoms with Crippen molar-refractivity contribution in [3.63, 3.8) is 0 Å². The van der Waals surface area contributed by atoms with Crippen molar-refractivity contribution in [3.05, 3.63) is 47.3 Å². The van der Waals surface area contributed by atoms with Crippen LogP contribution in [0.1, 0.15) is 42.0 Å². The average Bonchev–Trinajstić information content (AvgIpc) is 2.83. The second-order valence-electron chi connectivity index (χ2n) is 5.24. The van der Waals surface area contributed by atoms with E-state index in [1.807, 2.05) is 37.3 Å². The highest BCUT2D eigenvalue weighted by Crippen LogP contribution is 2.23. The average molecular weight is 289 g/mol. The highest BCUT2D eigenvalue weighted by atomic mass is 16.4. The van der Waals surface area contributed by atoms with Gasteiger partial charge in [0.2, 0.25) is 0 Å².